The van der Waals surface area contributed by atoms with Crippen LogP contribution in [0.15, 0.2) is 12.1 Å². The maximum atomic E-state index is 11.4. The number of carbonyl (C=O) groups excluding carboxylic acids is 2. The van der Waals surface area contributed by atoms with Gasteiger partial charge in [0.1, 0.15) is 5.60 Å². The van der Waals surface area contributed by atoms with Crippen LogP contribution in [0.2, 0.25) is 0 Å². The number of nitro groups is 1. The van der Waals surface area contributed by atoms with Crippen molar-refractivity contribution in [2.45, 2.75) is 32.8 Å². The third-order valence-electron chi connectivity index (χ3n) is 2.59. The van der Waals surface area contributed by atoms with Gasteiger partial charge in [-0.3, -0.25) is 14.9 Å². The third-order valence-corrected chi connectivity index (χ3v) is 2.59. The van der Waals surface area contributed by atoms with Gasteiger partial charge in [-0.25, -0.2) is 4.79 Å². The van der Waals surface area contributed by atoms with Crippen molar-refractivity contribution in [1.82, 2.24) is 5.32 Å². The van der Waals surface area contributed by atoms with Gasteiger partial charge in [0.05, 0.1) is 10.5 Å². The number of nitrogens with one attached hydrogen (secondary N) is 1. The lowest BCUT2D eigenvalue weighted by Gasteiger charge is -2.19. The molecule has 0 fully saturated rings. The van der Waals surface area contributed by atoms with Crippen LogP contribution >= 0.6 is 0 Å². The number of phenols is 1. The summed E-state index contributed by atoms with van der Waals surface area (Å²) < 4.78 is 5.05. The standard InChI is InChI=1S/C16H18N2O6/c1-16(2,3)24-15(21)17-7-5-4-6-11-8-12(10-19)14(20)13(9-11)18(22)23/h8-10,20H,5,7H2,1-3H3,(H,17,21). The van der Waals surface area contributed by atoms with Gasteiger partial charge in [0.25, 0.3) is 0 Å². The molecular weight excluding hydrogens is 316 g/mol. The summed E-state index contributed by atoms with van der Waals surface area (Å²) in [4.78, 5) is 32.3. The Balaban J connectivity index is 2.70. The van der Waals surface area contributed by atoms with Crippen molar-refractivity contribution in [2.24, 2.45) is 0 Å². The molecule has 0 aliphatic heterocycles. The Labute approximate surface area is 139 Å². The Morgan fingerprint density at radius 2 is 2.12 bits per heavy atom. The Morgan fingerprint density at radius 3 is 2.67 bits per heavy atom. The van der Waals surface area contributed by atoms with E-state index in [0.717, 1.165) is 6.07 Å². The van der Waals surface area contributed by atoms with Crippen LogP contribution in [0.5, 0.6) is 5.75 Å². The fraction of sp³-hybridized carbons (Fsp3) is 0.375. The average Bonchev–Trinajstić information content (AvgIpc) is 2.46. The molecule has 1 rings (SSSR count). The second-order valence-corrected chi connectivity index (χ2v) is 5.79. The summed E-state index contributed by atoms with van der Waals surface area (Å²) in [5.74, 6) is 4.68. The van der Waals surface area contributed by atoms with E-state index in [2.05, 4.69) is 17.2 Å². The van der Waals surface area contributed by atoms with Crippen LogP contribution in [-0.2, 0) is 4.74 Å². The Morgan fingerprint density at radius 1 is 1.46 bits per heavy atom. The molecule has 1 aromatic carbocycles. The lowest BCUT2D eigenvalue weighted by atomic mass is 10.1. The normalized spacial score (nSPS) is 10.3. The molecule has 24 heavy (non-hydrogen) atoms. The molecule has 8 heteroatoms. The molecule has 0 saturated carbocycles. The van der Waals surface area contributed by atoms with E-state index in [0.29, 0.717) is 6.29 Å². The highest BCUT2D eigenvalue weighted by atomic mass is 16.6. The summed E-state index contributed by atoms with van der Waals surface area (Å²) in [5.41, 5.74) is -1.17. The molecule has 128 valence electrons. The van der Waals surface area contributed by atoms with E-state index in [1.54, 1.807) is 20.8 Å². The van der Waals surface area contributed by atoms with Gasteiger partial charge in [-0.1, -0.05) is 11.8 Å². The molecule has 0 spiro atoms. The summed E-state index contributed by atoms with van der Waals surface area (Å²) in [5, 5.41) is 22.9. The van der Waals surface area contributed by atoms with Crippen molar-refractivity contribution in [1.29, 1.82) is 0 Å². The maximum Gasteiger partial charge on any atom is 0.407 e. The van der Waals surface area contributed by atoms with Crippen LogP contribution in [0, 0.1) is 22.0 Å². The second kappa shape index (κ2) is 7.97. The number of aromatic hydroxyl groups is 1. The van der Waals surface area contributed by atoms with Gasteiger partial charge < -0.3 is 15.2 Å². The molecule has 0 unspecified atom stereocenters. The van der Waals surface area contributed by atoms with Crippen LogP contribution in [-0.4, -0.2) is 34.6 Å². The topological polar surface area (TPSA) is 119 Å². The number of aldehydes is 1. The van der Waals surface area contributed by atoms with Crippen molar-refractivity contribution in [3.63, 3.8) is 0 Å². The van der Waals surface area contributed by atoms with Crippen LogP contribution in [0.4, 0.5) is 10.5 Å². The number of hydrogen-bond donors (Lipinski definition) is 2. The maximum absolute atomic E-state index is 11.4. The lowest BCUT2D eigenvalue weighted by molar-refractivity contribution is -0.385. The van der Waals surface area contributed by atoms with E-state index < -0.39 is 28.1 Å². The Kier molecular flexibility index (Phi) is 6.30. The highest BCUT2D eigenvalue weighted by Gasteiger charge is 2.18. The van der Waals surface area contributed by atoms with Crippen LogP contribution < -0.4 is 5.32 Å². The third kappa shape index (κ3) is 5.96. The second-order valence-electron chi connectivity index (χ2n) is 5.79. The molecule has 1 aromatic rings. The van der Waals surface area contributed by atoms with E-state index in [4.69, 9.17) is 4.74 Å². The van der Waals surface area contributed by atoms with Crippen molar-refractivity contribution in [3.8, 4) is 17.6 Å². The Bertz CT molecular complexity index is 710. The molecule has 0 heterocycles. The van der Waals surface area contributed by atoms with Crippen molar-refractivity contribution < 1.29 is 24.4 Å². The number of alkyl carbamates (subject to hydrolysis) is 1. The summed E-state index contributed by atoms with van der Waals surface area (Å²) in [6.07, 6.45) is 0.0369. The molecule has 0 aliphatic rings. The number of rotatable bonds is 4. The Hall–Kier alpha value is -3.08. The summed E-state index contributed by atoms with van der Waals surface area (Å²) in [6.45, 7) is 5.47. The summed E-state index contributed by atoms with van der Waals surface area (Å²) in [6, 6.07) is 2.33. The van der Waals surface area contributed by atoms with Gasteiger partial charge in [0.2, 0.25) is 5.75 Å². The zero-order valence-corrected chi connectivity index (χ0v) is 13.6. The number of hydrogen-bond acceptors (Lipinski definition) is 6. The quantitative estimate of drug-likeness (QED) is 0.287. The number of benzene rings is 1. The van der Waals surface area contributed by atoms with Crippen LogP contribution in [0.25, 0.3) is 0 Å². The molecule has 0 bridgehead atoms. The molecule has 0 saturated heterocycles. The number of nitrogens with zero attached hydrogens (tertiary/aromatic N) is 1. The van der Waals surface area contributed by atoms with Crippen molar-refractivity contribution >= 4 is 18.1 Å². The monoisotopic (exact) mass is 334 g/mol. The van der Waals surface area contributed by atoms with E-state index in [1.807, 2.05) is 0 Å². The number of nitro benzene ring substituents is 1. The van der Waals surface area contributed by atoms with Gasteiger partial charge in [0, 0.05) is 24.6 Å². The number of carbonyl (C=O) groups is 2. The predicted octanol–water partition coefficient (Wildman–Crippen LogP) is 2.38. The summed E-state index contributed by atoms with van der Waals surface area (Å²) in [7, 11) is 0. The molecule has 0 aromatic heterocycles. The minimum absolute atomic E-state index is 0.208. The van der Waals surface area contributed by atoms with Crippen LogP contribution in [0.1, 0.15) is 43.1 Å². The predicted molar refractivity (Wildman–Crippen MR) is 85.9 cm³/mol. The number of phenolic OH excluding ortho intramolecular Hbond substituents is 1. The minimum atomic E-state index is -0.794. The molecule has 0 atom stereocenters. The smallest absolute Gasteiger partial charge is 0.407 e. The fourth-order valence-electron chi connectivity index (χ4n) is 1.65. The first-order valence-corrected chi connectivity index (χ1v) is 7.06. The minimum Gasteiger partial charge on any atom is -0.502 e. The number of ether oxygens (including phenoxy) is 1. The van der Waals surface area contributed by atoms with E-state index in [1.165, 1.54) is 6.07 Å². The van der Waals surface area contributed by atoms with Gasteiger partial charge in [-0.2, -0.15) is 0 Å². The molecular formula is C16H18N2O6. The first-order valence-electron chi connectivity index (χ1n) is 7.06. The van der Waals surface area contributed by atoms with Gasteiger partial charge in [-0.05, 0) is 26.8 Å². The fourth-order valence-corrected chi connectivity index (χ4v) is 1.65. The van der Waals surface area contributed by atoms with Crippen molar-refractivity contribution in [3.05, 3.63) is 33.4 Å². The molecule has 8 nitrogen and oxygen atoms in total. The average molecular weight is 334 g/mol. The van der Waals surface area contributed by atoms with Gasteiger partial charge in [0.15, 0.2) is 6.29 Å². The highest BCUT2D eigenvalue weighted by Crippen LogP contribution is 2.29. The lowest BCUT2D eigenvalue weighted by Crippen LogP contribution is -2.32. The van der Waals surface area contributed by atoms with Gasteiger partial charge >= 0.3 is 11.8 Å². The molecule has 1 amide bonds. The zero-order chi connectivity index (χ0) is 18.3. The SMILES string of the molecule is CC(C)(C)OC(=O)NCCC#Cc1cc(C=O)c(O)c([N+](=O)[O-])c1. The molecule has 0 aliphatic carbocycles. The van der Waals surface area contributed by atoms with Crippen LogP contribution in [0.3, 0.4) is 0 Å². The van der Waals surface area contributed by atoms with E-state index in [-0.39, 0.29) is 24.1 Å². The first-order chi connectivity index (χ1) is 11.1. The molecule has 0 radical (unpaired) electrons. The zero-order valence-electron chi connectivity index (χ0n) is 13.6. The summed E-state index contributed by atoms with van der Waals surface area (Å²) >= 11 is 0. The van der Waals surface area contributed by atoms with Gasteiger partial charge in [-0.15, -0.1) is 0 Å². The molecule has 2 N–H and O–H groups in total. The van der Waals surface area contributed by atoms with E-state index >= 15 is 0 Å². The largest absolute Gasteiger partial charge is 0.502 e. The number of amides is 1. The highest BCUT2D eigenvalue weighted by molar-refractivity contribution is 5.83. The van der Waals surface area contributed by atoms with E-state index in [9.17, 15) is 24.8 Å². The first kappa shape index (κ1) is 19.0. The van der Waals surface area contributed by atoms with Crippen molar-refractivity contribution in [2.75, 3.05) is 6.54 Å².